The Bertz CT molecular complexity index is 1200. The Morgan fingerprint density at radius 3 is 2.45 bits per heavy atom. The molecule has 9 heteroatoms. The van der Waals surface area contributed by atoms with Crippen LogP contribution in [0.2, 0.25) is 18.1 Å². The van der Waals surface area contributed by atoms with E-state index in [1.165, 1.54) is 24.5 Å². The van der Waals surface area contributed by atoms with E-state index in [0.717, 1.165) is 5.56 Å². The predicted octanol–water partition coefficient (Wildman–Crippen LogP) is 6.87. The minimum absolute atomic E-state index is 0.0996. The summed E-state index contributed by atoms with van der Waals surface area (Å²) in [6, 6.07) is 12.0. The fourth-order valence-corrected chi connectivity index (χ4v) is 3.78. The standard InChI is InChI=1S/C24H27N5O3Si/c1-24(2,3)33(5,6)32-16-17-7-9-18(10-8-17)27-23-22(29(30)31)12-11-21(28-23)19-15-26-14-13-20(19)25-4/h7-15H,16H2,1-3,5-6H3,(H,27,28). The minimum atomic E-state index is -1.86. The van der Waals surface area contributed by atoms with Gasteiger partial charge in [-0.1, -0.05) is 32.9 Å². The number of hydrogen-bond donors (Lipinski definition) is 1. The van der Waals surface area contributed by atoms with E-state index < -0.39 is 13.2 Å². The van der Waals surface area contributed by atoms with Gasteiger partial charge in [-0.2, -0.15) is 0 Å². The van der Waals surface area contributed by atoms with Crippen LogP contribution in [0.5, 0.6) is 0 Å². The van der Waals surface area contributed by atoms with Gasteiger partial charge in [0.05, 0.1) is 23.8 Å². The Morgan fingerprint density at radius 1 is 1.15 bits per heavy atom. The van der Waals surface area contributed by atoms with Crippen LogP contribution >= 0.6 is 0 Å². The van der Waals surface area contributed by atoms with Crippen molar-refractivity contribution in [3.63, 3.8) is 0 Å². The van der Waals surface area contributed by atoms with Gasteiger partial charge in [0.1, 0.15) is 0 Å². The second-order valence-corrected chi connectivity index (χ2v) is 14.0. The second kappa shape index (κ2) is 9.48. The summed E-state index contributed by atoms with van der Waals surface area (Å²) in [4.78, 5) is 23.0. The van der Waals surface area contributed by atoms with Crippen molar-refractivity contribution in [2.45, 2.75) is 45.5 Å². The van der Waals surface area contributed by atoms with Crippen molar-refractivity contribution in [1.82, 2.24) is 9.97 Å². The number of pyridine rings is 2. The number of rotatable bonds is 7. The summed E-state index contributed by atoms with van der Waals surface area (Å²) in [5.41, 5.74) is 2.86. The monoisotopic (exact) mass is 461 g/mol. The molecule has 0 saturated carbocycles. The van der Waals surface area contributed by atoms with E-state index >= 15 is 0 Å². The van der Waals surface area contributed by atoms with E-state index in [0.29, 0.717) is 29.2 Å². The normalized spacial score (nSPS) is 11.6. The van der Waals surface area contributed by atoms with Crippen LogP contribution in [0, 0.1) is 16.7 Å². The molecule has 2 heterocycles. The lowest BCUT2D eigenvalue weighted by Crippen LogP contribution is -2.40. The zero-order chi connectivity index (χ0) is 24.2. The summed E-state index contributed by atoms with van der Waals surface area (Å²) in [5, 5.41) is 14.7. The first kappa shape index (κ1) is 24.0. The first-order valence-electron chi connectivity index (χ1n) is 10.5. The Hall–Kier alpha value is -3.61. The zero-order valence-electron chi connectivity index (χ0n) is 19.4. The van der Waals surface area contributed by atoms with E-state index in [1.54, 1.807) is 6.07 Å². The van der Waals surface area contributed by atoms with Gasteiger partial charge in [0.25, 0.3) is 0 Å². The molecule has 1 N–H and O–H groups in total. The fourth-order valence-electron chi connectivity index (χ4n) is 2.82. The lowest BCUT2D eigenvalue weighted by atomic mass is 10.1. The molecule has 0 fully saturated rings. The number of anilines is 2. The summed E-state index contributed by atoms with van der Waals surface area (Å²) < 4.78 is 6.26. The molecule has 0 bridgehead atoms. The molecule has 2 aromatic heterocycles. The Labute approximate surface area is 194 Å². The van der Waals surface area contributed by atoms with Crippen LogP contribution in [0.15, 0.2) is 54.9 Å². The molecule has 0 saturated heterocycles. The topological polar surface area (TPSA) is 94.5 Å². The number of nitrogens with zero attached hydrogens (tertiary/aromatic N) is 4. The van der Waals surface area contributed by atoms with E-state index in [4.69, 9.17) is 11.0 Å². The molecule has 3 rings (SSSR count). The number of aromatic nitrogens is 2. The molecule has 0 unspecified atom stereocenters. The summed E-state index contributed by atoms with van der Waals surface area (Å²) in [6.07, 6.45) is 3.06. The van der Waals surface area contributed by atoms with Crippen LogP contribution in [0.3, 0.4) is 0 Å². The van der Waals surface area contributed by atoms with Crippen LogP contribution in [0.1, 0.15) is 26.3 Å². The van der Waals surface area contributed by atoms with Crippen LogP contribution in [-0.2, 0) is 11.0 Å². The van der Waals surface area contributed by atoms with Crippen LogP contribution in [0.25, 0.3) is 16.1 Å². The molecule has 0 atom stereocenters. The van der Waals surface area contributed by atoms with Crippen LogP contribution in [0.4, 0.5) is 22.9 Å². The third-order valence-electron chi connectivity index (χ3n) is 5.89. The molecule has 0 aliphatic rings. The lowest BCUT2D eigenvalue weighted by molar-refractivity contribution is -0.384. The largest absolute Gasteiger partial charge is 0.413 e. The smallest absolute Gasteiger partial charge is 0.311 e. The second-order valence-electron chi connectivity index (χ2n) is 9.20. The molecule has 0 aliphatic heterocycles. The maximum absolute atomic E-state index is 11.5. The van der Waals surface area contributed by atoms with Crippen LogP contribution < -0.4 is 5.32 Å². The maximum atomic E-state index is 11.5. The summed E-state index contributed by atoms with van der Waals surface area (Å²) in [6.45, 7) is 18.9. The predicted molar refractivity (Wildman–Crippen MR) is 132 cm³/mol. The van der Waals surface area contributed by atoms with E-state index in [9.17, 15) is 10.1 Å². The van der Waals surface area contributed by atoms with Gasteiger partial charge >= 0.3 is 5.69 Å². The molecule has 0 spiro atoms. The molecule has 1 aromatic carbocycles. The number of nitrogens with one attached hydrogen (secondary N) is 1. The highest BCUT2D eigenvalue weighted by Gasteiger charge is 2.37. The Balaban J connectivity index is 1.84. The van der Waals surface area contributed by atoms with Crippen molar-refractivity contribution in [3.8, 4) is 11.3 Å². The van der Waals surface area contributed by atoms with Gasteiger partial charge < -0.3 is 9.74 Å². The molecule has 3 aromatic rings. The molecular formula is C24H27N5O3Si. The number of benzene rings is 1. The minimum Gasteiger partial charge on any atom is -0.413 e. The SMILES string of the molecule is [C-]#[N+]c1ccncc1-c1ccc([N+](=O)[O-])c(Nc2ccc(CO[Si](C)(C)C(C)(C)C)cc2)n1. The zero-order valence-corrected chi connectivity index (χ0v) is 20.4. The molecule has 8 nitrogen and oxygen atoms in total. The van der Waals surface area contributed by atoms with E-state index in [1.807, 2.05) is 24.3 Å². The highest BCUT2D eigenvalue weighted by atomic mass is 28.4. The highest BCUT2D eigenvalue weighted by molar-refractivity contribution is 6.74. The van der Waals surface area contributed by atoms with Crippen molar-refractivity contribution < 1.29 is 9.35 Å². The average Bonchev–Trinajstić information content (AvgIpc) is 2.77. The molecule has 170 valence electrons. The first-order chi connectivity index (χ1) is 15.5. The molecule has 33 heavy (non-hydrogen) atoms. The maximum Gasteiger partial charge on any atom is 0.311 e. The molecule has 0 aliphatic carbocycles. The van der Waals surface area contributed by atoms with E-state index in [-0.39, 0.29) is 16.5 Å². The summed E-state index contributed by atoms with van der Waals surface area (Å²) >= 11 is 0. The van der Waals surface area contributed by atoms with Gasteiger partial charge in [0, 0.05) is 29.7 Å². The third-order valence-corrected chi connectivity index (χ3v) is 10.4. The fraction of sp³-hybridized carbons (Fsp3) is 0.292. The van der Waals surface area contributed by atoms with Crippen molar-refractivity contribution in [1.29, 1.82) is 0 Å². The first-order valence-corrected chi connectivity index (χ1v) is 13.4. The third kappa shape index (κ3) is 5.60. The number of hydrogen-bond acceptors (Lipinski definition) is 6. The van der Waals surface area contributed by atoms with Crippen molar-refractivity contribution in [2.75, 3.05) is 5.32 Å². The number of nitro groups is 1. The van der Waals surface area contributed by atoms with Gasteiger partial charge in [-0.05, 0) is 48.0 Å². The van der Waals surface area contributed by atoms with Crippen molar-refractivity contribution in [2.24, 2.45) is 0 Å². The highest BCUT2D eigenvalue weighted by Crippen LogP contribution is 2.37. The molecule has 0 radical (unpaired) electrons. The van der Waals surface area contributed by atoms with Crippen molar-refractivity contribution in [3.05, 3.63) is 82.0 Å². The quantitative estimate of drug-likeness (QED) is 0.179. The van der Waals surface area contributed by atoms with Crippen molar-refractivity contribution >= 4 is 31.2 Å². The average molecular weight is 462 g/mol. The van der Waals surface area contributed by atoms with Crippen LogP contribution in [-0.4, -0.2) is 23.2 Å². The summed E-state index contributed by atoms with van der Waals surface area (Å²) in [7, 11) is -1.86. The van der Waals surface area contributed by atoms with Gasteiger partial charge in [-0.3, -0.25) is 15.1 Å². The van der Waals surface area contributed by atoms with Gasteiger partial charge in [0.2, 0.25) is 5.82 Å². The van der Waals surface area contributed by atoms with Gasteiger partial charge in [-0.25, -0.2) is 9.83 Å². The van der Waals surface area contributed by atoms with E-state index in [2.05, 4.69) is 54.0 Å². The Morgan fingerprint density at radius 2 is 1.85 bits per heavy atom. The van der Waals surface area contributed by atoms with Gasteiger partial charge in [0.15, 0.2) is 14.0 Å². The molecular weight excluding hydrogens is 434 g/mol. The van der Waals surface area contributed by atoms with Gasteiger partial charge in [-0.15, -0.1) is 0 Å². The molecule has 0 amide bonds. The Kier molecular flexibility index (Phi) is 6.91. The summed E-state index contributed by atoms with van der Waals surface area (Å²) in [5.74, 6) is 0.0996. The lowest BCUT2D eigenvalue weighted by Gasteiger charge is -2.36.